The highest BCUT2D eigenvalue weighted by Crippen LogP contribution is 2.25. The number of amides is 2. The van der Waals surface area contributed by atoms with Gasteiger partial charge in [0.05, 0.1) is 11.9 Å². The molecule has 0 saturated heterocycles. The molecule has 41 heavy (non-hydrogen) atoms. The van der Waals surface area contributed by atoms with Crippen molar-refractivity contribution >= 4 is 39.1 Å². The van der Waals surface area contributed by atoms with E-state index in [1.165, 1.54) is 4.90 Å². The van der Waals surface area contributed by atoms with Crippen LogP contribution in [0, 0.1) is 0 Å². The summed E-state index contributed by atoms with van der Waals surface area (Å²) in [4.78, 5) is 29.6. The van der Waals surface area contributed by atoms with Crippen molar-refractivity contribution in [2.75, 3.05) is 17.1 Å². The molecule has 218 valence electrons. The molecule has 0 bridgehead atoms. The molecule has 0 spiro atoms. The number of carbonyl (C=O) groups is 2. The van der Waals surface area contributed by atoms with Crippen molar-refractivity contribution < 1.29 is 18.0 Å². The molecule has 1 N–H and O–H groups in total. The van der Waals surface area contributed by atoms with Gasteiger partial charge in [-0.05, 0) is 54.2 Å². The molecule has 0 aromatic heterocycles. The molecule has 1 aliphatic rings. The zero-order valence-electron chi connectivity index (χ0n) is 23.6. The third-order valence-electron chi connectivity index (χ3n) is 7.54. The van der Waals surface area contributed by atoms with Gasteiger partial charge in [0, 0.05) is 24.0 Å². The summed E-state index contributed by atoms with van der Waals surface area (Å²) in [5.41, 5.74) is 2.92. The molecule has 1 aliphatic carbocycles. The topological polar surface area (TPSA) is 86.8 Å². The van der Waals surface area contributed by atoms with Crippen LogP contribution in [0.2, 0.25) is 5.02 Å². The van der Waals surface area contributed by atoms with E-state index < -0.39 is 28.5 Å². The third-order valence-corrected chi connectivity index (χ3v) is 8.90. The van der Waals surface area contributed by atoms with Gasteiger partial charge in [-0.25, -0.2) is 8.42 Å². The first-order valence-electron chi connectivity index (χ1n) is 14.1. The van der Waals surface area contributed by atoms with Crippen LogP contribution in [-0.2, 0) is 39.0 Å². The minimum Gasteiger partial charge on any atom is -0.352 e. The summed E-state index contributed by atoms with van der Waals surface area (Å²) >= 11 is 6.28. The van der Waals surface area contributed by atoms with Crippen molar-refractivity contribution in [1.29, 1.82) is 0 Å². The maximum Gasteiger partial charge on any atom is 0.244 e. The maximum atomic E-state index is 14.2. The lowest BCUT2D eigenvalue weighted by molar-refractivity contribution is -0.140. The number of nitrogens with one attached hydrogen (secondary N) is 1. The van der Waals surface area contributed by atoms with Crippen molar-refractivity contribution in [3.05, 3.63) is 101 Å². The van der Waals surface area contributed by atoms with Crippen LogP contribution in [0.25, 0.3) is 0 Å². The summed E-state index contributed by atoms with van der Waals surface area (Å²) in [5.74, 6) is -0.709. The monoisotopic (exact) mass is 595 g/mol. The number of anilines is 1. The Labute approximate surface area is 248 Å². The zero-order chi connectivity index (χ0) is 29.4. The minimum atomic E-state index is -3.82. The normalized spacial score (nSPS) is 14.4. The summed E-state index contributed by atoms with van der Waals surface area (Å²) in [6.07, 6.45) is 5.91. The van der Waals surface area contributed by atoms with Crippen molar-refractivity contribution in [3.63, 3.8) is 0 Å². The molecule has 0 aliphatic heterocycles. The lowest BCUT2D eigenvalue weighted by atomic mass is 10.0. The predicted molar refractivity (Wildman–Crippen MR) is 164 cm³/mol. The number of hydrogen-bond acceptors (Lipinski definition) is 4. The Balaban J connectivity index is 1.74. The highest BCUT2D eigenvalue weighted by atomic mass is 35.5. The van der Waals surface area contributed by atoms with E-state index in [1.807, 2.05) is 55.5 Å². The van der Waals surface area contributed by atoms with Gasteiger partial charge in [-0.15, -0.1) is 0 Å². The van der Waals surface area contributed by atoms with Crippen molar-refractivity contribution in [3.8, 4) is 0 Å². The van der Waals surface area contributed by atoms with Gasteiger partial charge in [-0.3, -0.25) is 13.9 Å². The molecule has 9 heteroatoms. The number of para-hydroxylation sites is 1. The number of nitrogens with zero attached hydrogens (tertiary/aromatic N) is 2. The number of aryl methyl sites for hydroxylation is 1. The molecule has 1 fully saturated rings. The second kappa shape index (κ2) is 14.0. The summed E-state index contributed by atoms with van der Waals surface area (Å²) < 4.78 is 27.2. The van der Waals surface area contributed by atoms with Gasteiger partial charge in [0.25, 0.3) is 0 Å². The van der Waals surface area contributed by atoms with E-state index in [0.29, 0.717) is 17.1 Å². The lowest BCUT2D eigenvalue weighted by Gasteiger charge is -2.34. The Kier molecular flexibility index (Phi) is 10.5. The molecular weight excluding hydrogens is 558 g/mol. The molecule has 1 saturated carbocycles. The van der Waals surface area contributed by atoms with Gasteiger partial charge in [0.1, 0.15) is 12.6 Å². The molecule has 3 aromatic carbocycles. The van der Waals surface area contributed by atoms with Crippen molar-refractivity contribution in [1.82, 2.24) is 10.2 Å². The van der Waals surface area contributed by atoms with Crippen LogP contribution in [0.1, 0.15) is 49.3 Å². The van der Waals surface area contributed by atoms with E-state index in [9.17, 15) is 18.0 Å². The van der Waals surface area contributed by atoms with Gasteiger partial charge < -0.3 is 10.2 Å². The zero-order valence-corrected chi connectivity index (χ0v) is 25.2. The molecule has 2 amide bonds. The van der Waals surface area contributed by atoms with E-state index >= 15 is 0 Å². The Morgan fingerprint density at radius 3 is 2.27 bits per heavy atom. The molecule has 4 rings (SSSR count). The first-order valence-corrected chi connectivity index (χ1v) is 16.3. The number of hydrogen-bond donors (Lipinski definition) is 1. The van der Waals surface area contributed by atoms with E-state index in [-0.39, 0.29) is 24.9 Å². The number of sulfonamides is 1. The van der Waals surface area contributed by atoms with E-state index in [2.05, 4.69) is 5.32 Å². The lowest BCUT2D eigenvalue weighted by Crippen LogP contribution is -2.54. The second-order valence-corrected chi connectivity index (χ2v) is 12.9. The van der Waals surface area contributed by atoms with Crippen LogP contribution in [0.4, 0.5) is 5.69 Å². The van der Waals surface area contributed by atoms with E-state index in [0.717, 1.165) is 52.9 Å². The summed E-state index contributed by atoms with van der Waals surface area (Å²) in [6, 6.07) is 23.1. The van der Waals surface area contributed by atoms with Crippen molar-refractivity contribution in [2.24, 2.45) is 0 Å². The molecule has 1 atom stereocenters. The fourth-order valence-electron chi connectivity index (χ4n) is 5.40. The molecule has 0 heterocycles. The fraction of sp³-hybridized carbons (Fsp3) is 0.375. The Morgan fingerprint density at radius 1 is 0.951 bits per heavy atom. The van der Waals surface area contributed by atoms with Gasteiger partial charge in [-0.1, -0.05) is 92.0 Å². The number of benzene rings is 3. The van der Waals surface area contributed by atoms with E-state index in [4.69, 9.17) is 11.6 Å². The summed E-state index contributed by atoms with van der Waals surface area (Å²) in [7, 11) is -3.82. The molecule has 3 aromatic rings. The summed E-state index contributed by atoms with van der Waals surface area (Å²) in [5, 5.41) is 3.69. The van der Waals surface area contributed by atoms with Crippen LogP contribution in [0.5, 0.6) is 0 Å². The molecular formula is C32H38ClN3O4S. The number of halogens is 1. The van der Waals surface area contributed by atoms with Crippen molar-refractivity contribution in [2.45, 2.75) is 64.1 Å². The average Bonchev–Trinajstić information content (AvgIpc) is 3.46. The quantitative estimate of drug-likeness (QED) is 0.305. The van der Waals surface area contributed by atoms with Crippen LogP contribution >= 0.6 is 11.6 Å². The first kappa shape index (κ1) is 30.6. The molecule has 0 unspecified atom stereocenters. The van der Waals surface area contributed by atoms with E-state index in [1.54, 1.807) is 30.3 Å². The highest BCUT2D eigenvalue weighted by Gasteiger charge is 2.34. The average molecular weight is 596 g/mol. The van der Waals surface area contributed by atoms with Crippen LogP contribution in [0.15, 0.2) is 78.9 Å². The Hall–Kier alpha value is -3.36. The van der Waals surface area contributed by atoms with Gasteiger partial charge >= 0.3 is 0 Å². The SMILES string of the molecule is CCc1ccccc1N(CC(=O)N(Cc1cccc(Cl)c1)[C@H](Cc1ccccc1)C(=O)NC1CCCC1)S(C)(=O)=O. The standard InChI is InChI=1S/C32H38ClN3O4S/c1-3-26-15-7-10-19-29(26)36(41(2,39)40)23-31(37)35(22-25-14-11-16-27(33)20-25)30(21-24-12-5-4-6-13-24)32(38)34-28-17-8-9-18-28/h4-7,10-16,19-20,28,30H,3,8-9,17-18,21-23H2,1-2H3,(H,34,38)/t30-/m1/s1. The fourth-order valence-corrected chi connectivity index (χ4v) is 6.49. The molecule has 7 nitrogen and oxygen atoms in total. The Bertz CT molecular complexity index is 1440. The number of rotatable bonds is 12. The Morgan fingerprint density at radius 2 is 1.61 bits per heavy atom. The van der Waals surface area contributed by atoms with Gasteiger partial charge in [0.15, 0.2) is 0 Å². The van der Waals surface area contributed by atoms with Gasteiger partial charge in [0.2, 0.25) is 21.8 Å². The predicted octanol–water partition coefficient (Wildman–Crippen LogP) is 5.37. The highest BCUT2D eigenvalue weighted by molar-refractivity contribution is 7.92. The maximum absolute atomic E-state index is 14.2. The third kappa shape index (κ3) is 8.33. The second-order valence-electron chi connectivity index (χ2n) is 10.6. The van der Waals surface area contributed by atoms with Gasteiger partial charge in [-0.2, -0.15) is 0 Å². The number of carbonyl (C=O) groups excluding carboxylic acids is 2. The first-order chi connectivity index (χ1) is 19.7. The van der Waals surface area contributed by atoms with Crippen LogP contribution < -0.4 is 9.62 Å². The smallest absolute Gasteiger partial charge is 0.244 e. The van der Waals surface area contributed by atoms with Crippen LogP contribution in [-0.4, -0.2) is 50.0 Å². The summed E-state index contributed by atoms with van der Waals surface area (Å²) in [6.45, 7) is 1.61. The minimum absolute atomic E-state index is 0.0628. The van der Waals surface area contributed by atoms with Crippen LogP contribution in [0.3, 0.4) is 0 Å². The molecule has 0 radical (unpaired) electrons. The largest absolute Gasteiger partial charge is 0.352 e.